The molecule has 0 aliphatic heterocycles. The first-order valence-corrected chi connectivity index (χ1v) is 10.8. The first kappa shape index (κ1) is 21.5. The Morgan fingerprint density at radius 1 is 1.09 bits per heavy atom. The zero-order valence-corrected chi connectivity index (χ0v) is 18.0. The van der Waals surface area contributed by atoms with Crippen molar-refractivity contribution in [2.24, 2.45) is 0 Å². The van der Waals surface area contributed by atoms with Crippen LogP contribution in [0.4, 0.5) is 11.4 Å². The van der Waals surface area contributed by atoms with Crippen LogP contribution >= 0.6 is 0 Å². The number of fused-ring (bicyclic) bond motifs is 1. The lowest BCUT2D eigenvalue weighted by molar-refractivity contribution is -0.115. The van der Waals surface area contributed by atoms with E-state index in [1.165, 1.54) is 4.57 Å². The van der Waals surface area contributed by atoms with Crippen LogP contribution < -0.4 is 21.9 Å². The number of hydrogen-bond donors (Lipinski definition) is 3. The summed E-state index contributed by atoms with van der Waals surface area (Å²) in [6.45, 7) is 4.08. The number of aromatic nitrogens is 3. The lowest BCUT2D eigenvalue weighted by atomic mass is 10.1. The van der Waals surface area contributed by atoms with E-state index in [2.05, 4.69) is 20.6 Å². The monoisotopic (exact) mass is 435 g/mol. The van der Waals surface area contributed by atoms with Crippen LogP contribution in [0.2, 0.25) is 0 Å². The third-order valence-electron chi connectivity index (χ3n) is 5.40. The van der Waals surface area contributed by atoms with Gasteiger partial charge in [-0.3, -0.25) is 23.9 Å². The fraction of sp³-hybridized carbons (Fsp3) is 0.348. The summed E-state index contributed by atoms with van der Waals surface area (Å²) in [5.41, 5.74) is 1.13. The number of hydrogen-bond acceptors (Lipinski definition) is 5. The van der Waals surface area contributed by atoms with Gasteiger partial charge in [-0.2, -0.15) is 0 Å². The minimum Gasteiger partial charge on any atom is -0.326 e. The third kappa shape index (κ3) is 4.32. The van der Waals surface area contributed by atoms with Crippen molar-refractivity contribution in [2.75, 3.05) is 10.6 Å². The zero-order chi connectivity index (χ0) is 22.8. The summed E-state index contributed by atoms with van der Waals surface area (Å²) in [4.78, 5) is 56.7. The Kier molecular flexibility index (Phi) is 5.89. The first-order chi connectivity index (χ1) is 15.4. The third-order valence-corrected chi connectivity index (χ3v) is 5.40. The van der Waals surface area contributed by atoms with Gasteiger partial charge in [-0.15, -0.1) is 0 Å². The zero-order valence-electron chi connectivity index (χ0n) is 18.0. The standard InChI is InChI=1S/C23H25N5O4/c1-3-11-28-20-19(22(31)27-23(28)32)16(12-17(26-20)13-5-6-13)21(30)25-15-9-7-14(8-10-15)24-18(29)4-2/h7-10,12-13H,3-6,11H2,1-2H3,(H,24,29)(H,25,30)(H,27,31,32). The van der Waals surface area contributed by atoms with E-state index in [4.69, 9.17) is 0 Å². The number of pyridine rings is 1. The highest BCUT2D eigenvalue weighted by Gasteiger charge is 2.28. The van der Waals surface area contributed by atoms with Crippen LogP contribution in [-0.4, -0.2) is 26.3 Å². The summed E-state index contributed by atoms with van der Waals surface area (Å²) in [7, 11) is 0. The number of amides is 2. The van der Waals surface area contributed by atoms with Gasteiger partial charge in [0.2, 0.25) is 5.91 Å². The molecule has 1 aliphatic carbocycles. The maximum Gasteiger partial charge on any atom is 0.329 e. The fourth-order valence-corrected chi connectivity index (χ4v) is 3.58. The molecule has 166 valence electrons. The van der Waals surface area contributed by atoms with Gasteiger partial charge in [-0.25, -0.2) is 9.78 Å². The molecule has 0 spiro atoms. The fourth-order valence-electron chi connectivity index (χ4n) is 3.58. The van der Waals surface area contributed by atoms with Crippen molar-refractivity contribution in [1.29, 1.82) is 0 Å². The van der Waals surface area contributed by atoms with Gasteiger partial charge in [0, 0.05) is 36.0 Å². The van der Waals surface area contributed by atoms with E-state index < -0.39 is 17.2 Å². The van der Waals surface area contributed by atoms with Crippen LogP contribution in [0.3, 0.4) is 0 Å². The number of H-pyrrole nitrogens is 1. The van der Waals surface area contributed by atoms with Gasteiger partial charge >= 0.3 is 5.69 Å². The summed E-state index contributed by atoms with van der Waals surface area (Å²) < 4.78 is 1.42. The smallest absolute Gasteiger partial charge is 0.326 e. The Hall–Kier alpha value is -3.75. The molecule has 9 heteroatoms. The average Bonchev–Trinajstić information content (AvgIpc) is 3.62. The van der Waals surface area contributed by atoms with Crippen molar-refractivity contribution in [1.82, 2.24) is 14.5 Å². The second-order valence-electron chi connectivity index (χ2n) is 7.91. The molecule has 2 aromatic heterocycles. The van der Waals surface area contributed by atoms with Crippen LogP contribution in [-0.2, 0) is 11.3 Å². The molecule has 2 amide bonds. The quantitative estimate of drug-likeness (QED) is 0.526. The minimum absolute atomic E-state index is 0.102. The summed E-state index contributed by atoms with van der Waals surface area (Å²) in [5.74, 6) is -0.330. The molecule has 1 saturated carbocycles. The predicted octanol–water partition coefficient (Wildman–Crippen LogP) is 2.97. The maximum absolute atomic E-state index is 13.2. The molecule has 1 aliphatic rings. The van der Waals surface area contributed by atoms with Crippen LogP contribution in [0.1, 0.15) is 61.5 Å². The molecule has 9 nitrogen and oxygen atoms in total. The Balaban J connectivity index is 1.73. The summed E-state index contributed by atoms with van der Waals surface area (Å²) in [6.07, 6.45) is 2.98. The molecule has 3 N–H and O–H groups in total. The molecule has 1 aromatic carbocycles. The first-order valence-electron chi connectivity index (χ1n) is 10.8. The number of carbonyl (C=O) groups excluding carboxylic acids is 2. The molecule has 0 atom stereocenters. The average molecular weight is 435 g/mol. The Bertz CT molecular complexity index is 1300. The summed E-state index contributed by atoms with van der Waals surface area (Å²) in [6, 6.07) is 8.38. The van der Waals surface area contributed by atoms with Crippen LogP contribution in [0, 0.1) is 0 Å². The molecule has 0 unspecified atom stereocenters. The van der Waals surface area contributed by atoms with Gasteiger partial charge in [0.15, 0.2) is 5.65 Å². The van der Waals surface area contributed by atoms with Crippen molar-refractivity contribution in [2.45, 2.75) is 52.0 Å². The van der Waals surface area contributed by atoms with Crippen LogP contribution in [0.15, 0.2) is 39.9 Å². The SMILES string of the molecule is CCCn1c(=O)[nH]c(=O)c2c(C(=O)Nc3ccc(NC(=O)CC)cc3)cc(C3CC3)nc21. The summed E-state index contributed by atoms with van der Waals surface area (Å²) >= 11 is 0. The van der Waals surface area contributed by atoms with Gasteiger partial charge in [-0.1, -0.05) is 13.8 Å². The van der Waals surface area contributed by atoms with Gasteiger partial charge < -0.3 is 10.6 Å². The lowest BCUT2D eigenvalue weighted by Crippen LogP contribution is -2.32. The number of benzene rings is 1. The highest BCUT2D eigenvalue weighted by molar-refractivity contribution is 6.12. The van der Waals surface area contributed by atoms with Gasteiger partial charge in [0.05, 0.1) is 10.9 Å². The number of nitrogens with zero attached hydrogens (tertiary/aromatic N) is 2. The van der Waals surface area contributed by atoms with E-state index in [1.807, 2.05) is 6.92 Å². The molecular weight excluding hydrogens is 410 g/mol. The molecule has 4 rings (SSSR count). The molecule has 0 radical (unpaired) electrons. The highest BCUT2D eigenvalue weighted by Crippen LogP contribution is 2.40. The molecule has 1 fully saturated rings. The Morgan fingerprint density at radius 3 is 2.34 bits per heavy atom. The van der Waals surface area contributed by atoms with Crippen molar-refractivity contribution >= 4 is 34.2 Å². The van der Waals surface area contributed by atoms with Gasteiger partial charge in [0.25, 0.3) is 11.5 Å². The van der Waals surface area contributed by atoms with Gasteiger partial charge in [0.1, 0.15) is 0 Å². The van der Waals surface area contributed by atoms with E-state index >= 15 is 0 Å². The van der Waals surface area contributed by atoms with Crippen molar-refractivity contribution in [3.05, 3.63) is 62.4 Å². The minimum atomic E-state index is -0.630. The largest absolute Gasteiger partial charge is 0.329 e. The van der Waals surface area contributed by atoms with E-state index in [-0.39, 0.29) is 28.4 Å². The second kappa shape index (κ2) is 8.78. The van der Waals surface area contributed by atoms with Crippen molar-refractivity contribution < 1.29 is 9.59 Å². The number of rotatable bonds is 7. The maximum atomic E-state index is 13.2. The molecule has 3 aromatic rings. The Labute approximate surface area is 183 Å². The highest BCUT2D eigenvalue weighted by atomic mass is 16.2. The number of nitrogens with one attached hydrogen (secondary N) is 3. The predicted molar refractivity (Wildman–Crippen MR) is 122 cm³/mol. The normalized spacial score (nSPS) is 13.2. The molecular formula is C23H25N5O4. The van der Waals surface area contributed by atoms with Crippen LogP contribution in [0.25, 0.3) is 11.0 Å². The lowest BCUT2D eigenvalue weighted by Gasteiger charge is -2.13. The summed E-state index contributed by atoms with van der Waals surface area (Å²) in [5, 5.41) is 5.66. The van der Waals surface area contributed by atoms with Crippen molar-refractivity contribution in [3.63, 3.8) is 0 Å². The molecule has 0 saturated heterocycles. The molecule has 2 heterocycles. The Morgan fingerprint density at radius 2 is 1.75 bits per heavy atom. The number of anilines is 2. The van der Waals surface area contributed by atoms with Gasteiger partial charge in [-0.05, 0) is 49.6 Å². The molecule has 0 bridgehead atoms. The molecule has 32 heavy (non-hydrogen) atoms. The topological polar surface area (TPSA) is 126 Å². The van der Waals surface area contributed by atoms with E-state index in [9.17, 15) is 19.2 Å². The van der Waals surface area contributed by atoms with E-state index in [1.54, 1.807) is 37.3 Å². The number of aromatic amines is 1. The van der Waals surface area contributed by atoms with Crippen molar-refractivity contribution in [3.8, 4) is 0 Å². The van der Waals surface area contributed by atoms with E-state index in [0.717, 1.165) is 18.5 Å². The second-order valence-corrected chi connectivity index (χ2v) is 7.91. The number of carbonyl (C=O) groups is 2. The van der Waals surface area contributed by atoms with E-state index in [0.29, 0.717) is 30.8 Å². The van der Waals surface area contributed by atoms with Crippen LogP contribution in [0.5, 0.6) is 0 Å². The number of aryl methyl sites for hydroxylation is 1.